The van der Waals surface area contributed by atoms with Crippen molar-refractivity contribution in [1.82, 2.24) is 5.32 Å². The molecule has 2 atom stereocenters. The van der Waals surface area contributed by atoms with Crippen molar-refractivity contribution in [3.8, 4) is 0 Å². The van der Waals surface area contributed by atoms with Crippen LogP contribution in [-0.2, 0) is 14.4 Å². The van der Waals surface area contributed by atoms with Gasteiger partial charge in [0.1, 0.15) is 6.04 Å². The average molecular weight is 221 g/mol. The lowest BCUT2D eigenvalue weighted by molar-refractivity contribution is -0.143. The predicted octanol–water partition coefficient (Wildman–Crippen LogP) is -2.65. The Morgan fingerprint density at radius 2 is 2.07 bits per heavy atom. The second kappa shape index (κ2) is 5.94. The minimum absolute atomic E-state index is 0.549. The number of carbonyl (C=O) groups is 3. The van der Waals surface area contributed by atoms with Crippen molar-refractivity contribution in [1.29, 1.82) is 1.43 Å². The van der Waals surface area contributed by atoms with Crippen molar-refractivity contribution in [3.05, 3.63) is 0 Å². The van der Waals surface area contributed by atoms with Gasteiger partial charge in [-0.1, -0.05) is 0 Å². The van der Waals surface area contributed by atoms with E-state index in [0.29, 0.717) is 0 Å². The number of aliphatic hydroxyl groups is 1. The maximum Gasteiger partial charge on any atom is 0.328 e. The summed E-state index contributed by atoms with van der Waals surface area (Å²) in [6, 6.07) is -2.81. The van der Waals surface area contributed by atoms with Crippen molar-refractivity contribution in [2.24, 2.45) is 5.73 Å². The van der Waals surface area contributed by atoms with Crippen LogP contribution in [-0.4, -0.2) is 51.9 Å². The number of aliphatic carboxylic acids is 2. The molecule has 0 aliphatic heterocycles. The smallest absolute Gasteiger partial charge is 0.328 e. The van der Waals surface area contributed by atoms with Gasteiger partial charge >= 0.3 is 11.9 Å². The minimum atomic E-state index is -1.48. The van der Waals surface area contributed by atoms with E-state index < -0.39 is 43.0 Å². The molecule has 0 aliphatic carbocycles. The Bertz CT molecular complexity index is 284. The number of hydrogen-bond acceptors (Lipinski definition) is 6. The summed E-state index contributed by atoms with van der Waals surface area (Å²) in [7, 11) is 0. The lowest BCUT2D eigenvalue weighted by Gasteiger charge is -2.14. The van der Waals surface area contributed by atoms with Gasteiger partial charge in [-0.25, -0.2) is 4.79 Å². The number of aliphatic hydroxyl groups excluding tert-OH is 1. The molecule has 1 amide bonds. The number of rotatable bonds is 6. The van der Waals surface area contributed by atoms with Crippen LogP contribution in [0.2, 0.25) is 0 Å². The number of carbonyl (C=O) groups excluding carboxylic acids is 1. The van der Waals surface area contributed by atoms with Gasteiger partial charge in [0, 0.05) is 0 Å². The monoisotopic (exact) mass is 221 g/mol. The zero-order valence-electron chi connectivity index (χ0n) is 8.67. The molecule has 0 aromatic rings. The van der Waals surface area contributed by atoms with Crippen LogP contribution in [0.3, 0.4) is 0 Å². The van der Waals surface area contributed by atoms with E-state index in [4.69, 9.17) is 17.4 Å². The largest absolute Gasteiger partial charge is 0.481 e. The lowest BCUT2D eigenvalue weighted by atomic mass is 10.2. The second-order valence-electron chi connectivity index (χ2n) is 2.76. The number of nitrogens with one attached hydrogen (secondary N) is 1. The Hall–Kier alpha value is -1.67. The van der Waals surface area contributed by atoms with E-state index in [1.54, 1.807) is 0 Å². The molecule has 0 rings (SSSR count). The predicted molar refractivity (Wildman–Crippen MR) is 46.9 cm³/mol. The van der Waals surface area contributed by atoms with E-state index in [2.05, 4.69) is 5.11 Å². The van der Waals surface area contributed by atoms with E-state index in [-0.39, 0.29) is 0 Å². The van der Waals surface area contributed by atoms with Crippen LogP contribution in [0.25, 0.3) is 1.43 Å². The molecule has 86 valence electrons. The zero-order chi connectivity index (χ0) is 12.7. The fourth-order valence-corrected chi connectivity index (χ4v) is 0.736. The molecular formula is C7H12N2O6. The van der Waals surface area contributed by atoms with Gasteiger partial charge in [0.2, 0.25) is 5.91 Å². The molecular weight excluding hydrogens is 208 g/mol. The summed E-state index contributed by atoms with van der Waals surface area (Å²) in [5.41, 5.74) is 5.23. The minimum Gasteiger partial charge on any atom is -0.481 e. The van der Waals surface area contributed by atoms with Crippen molar-refractivity contribution in [3.63, 3.8) is 0 Å². The summed E-state index contributed by atoms with van der Waals surface area (Å²) in [5, 5.41) is 22.5. The third-order valence-electron chi connectivity index (χ3n) is 1.52. The Labute approximate surface area is 86.2 Å². The van der Waals surface area contributed by atoms with Crippen molar-refractivity contribution in [2.75, 3.05) is 6.61 Å². The van der Waals surface area contributed by atoms with Crippen LogP contribution < -0.4 is 11.1 Å². The molecule has 0 unspecified atom stereocenters. The SMILES string of the molecule is [2H]OC(=O)C[C@H](N)C(=O)N[C@@H](CO)C(=O)O. The van der Waals surface area contributed by atoms with Crippen molar-refractivity contribution < 1.29 is 29.7 Å². The first-order valence-corrected chi connectivity index (χ1v) is 3.98. The zero-order valence-corrected chi connectivity index (χ0v) is 7.67. The van der Waals surface area contributed by atoms with Gasteiger partial charge in [-0.2, -0.15) is 0 Å². The molecule has 0 bridgehead atoms. The maximum absolute atomic E-state index is 11.2. The lowest BCUT2D eigenvalue weighted by Crippen LogP contribution is -2.50. The first-order chi connectivity index (χ1) is 7.42. The van der Waals surface area contributed by atoms with Gasteiger partial charge in [0.05, 0.1) is 19.1 Å². The van der Waals surface area contributed by atoms with Crippen molar-refractivity contribution >= 4 is 17.8 Å². The molecule has 0 radical (unpaired) electrons. The number of amides is 1. The molecule has 8 heteroatoms. The van der Waals surface area contributed by atoms with Crippen LogP contribution in [0, 0.1) is 0 Å². The first-order valence-electron chi connectivity index (χ1n) is 4.38. The Morgan fingerprint density at radius 3 is 2.47 bits per heavy atom. The normalized spacial score (nSPS) is 14.7. The Balaban J connectivity index is 4.23. The molecule has 6 N–H and O–H groups in total. The number of hydrogen-bond donors (Lipinski definition) is 5. The molecule has 0 heterocycles. The fraction of sp³-hybridized carbons (Fsp3) is 0.571. The summed E-state index contributed by atoms with van der Waals surface area (Å²) < 4.78 is 6.22. The highest BCUT2D eigenvalue weighted by atomic mass is 16.4. The average Bonchev–Trinajstić information content (AvgIpc) is 2.24. The third-order valence-corrected chi connectivity index (χ3v) is 1.52. The molecule has 0 saturated carbocycles. The highest BCUT2D eigenvalue weighted by molar-refractivity contribution is 5.89. The first kappa shape index (κ1) is 11.4. The highest BCUT2D eigenvalue weighted by Crippen LogP contribution is 1.91. The van der Waals surface area contributed by atoms with Gasteiger partial charge < -0.3 is 26.4 Å². The molecule has 15 heavy (non-hydrogen) atoms. The van der Waals surface area contributed by atoms with Gasteiger partial charge in [-0.05, 0) is 0 Å². The van der Waals surface area contributed by atoms with Crippen LogP contribution in [0.5, 0.6) is 0 Å². The molecule has 0 fully saturated rings. The molecule has 8 nitrogen and oxygen atoms in total. The Morgan fingerprint density at radius 1 is 1.47 bits per heavy atom. The van der Waals surface area contributed by atoms with E-state index in [0.717, 1.165) is 0 Å². The topological polar surface area (TPSA) is 150 Å². The summed E-state index contributed by atoms with van der Waals surface area (Å²) in [6.45, 7) is -0.795. The second-order valence-corrected chi connectivity index (χ2v) is 2.76. The Kier molecular flexibility index (Phi) is 4.51. The number of carboxylic acids is 2. The highest BCUT2D eigenvalue weighted by Gasteiger charge is 2.23. The van der Waals surface area contributed by atoms with Gasteiger partial charge in [-0.3, -0.25) is 9.59 Å². The molecule has 0 saturated heterocycles. The summed E-state index contributed by atoms with van der Waals surface area (Å²) in [6.07, 6.45) is -0.549. The van der Waals surface area contributed by atoms with Crippen LogP contribution >= 0.6 is 0 Å². The summed E-state index contributed by atoms with van der Waals surface area (Å²) in [5.74, 6) is -3.36. The third kappa shape index (κ3) is 4.93. The summed E-state index contributed by atoms with van der Waals surface area (Å²) >= 11 is 0. The number of nitrogens with two attached hydrogens (primary N) is 1. The summed E-state index contributed by atoms with van der Waals surface area (Å²) in [4.78, 5) is 32.2. The number of carboxylic acid groups (broad SMARTS) is 2. The standard InChI is InChI=1S/C7H12N2O6/c8-3(1-5(11)12)6(13)9-4(2-10)7(14)15/h3-4,10H,1-2,8H2,(H,9,13)(H,11,12)(H,14,15)/t3-,4-/m0/s1/i/hD. The molecule has 0 spiro atoms. The fourth-order valence-electron chi connectivity index (χ4n) is 0.736. The van der Waals surface area contributed by atoms with Crippen LogP contribution in [0.4, 0.5) is 0 Å². The van der Waals surface area contributed by atoms with Crippen molar-refractivity contribution in [2.45, 2.75) is 18.5 Å². The van der Waals surface area contributed by atoms with E-state index >= 15 is 0 Å². The van der Waals surface area contributed by atoms with E-state index in [1.807, 2.05) is 5.32 Å². The van der Waals surface area contributed by atoms with E-state index in [9.17, 15) is 14.4 Å². The maximum atomic E-state index is 11.2. The molecule has 0 aromatic carbocycles. The van der Waals surface area contributed by atoms with Crippen LogP contribution in [0.1, 0.15) is 6.42 Å². The van der Waals surface area contributed by atoms with E-state index in [1.165, 1.54) is 0 Å². The molecule has 0 aromatic heterocycles. The van der Waals surface area contributed by atoms with Gasteiger partial charge in [0.15, 0.2) is 0 Å². The van der Waals surface area contributed by atoms with Crippen LogP contribution in [0.15, 0.2) is 0 Å². The quantitative estimate of drug-likeness (QED) is 0.328. The van der Waals surface area contributed by atoms with Gasteiger partial charge in [0.25, 0.3) is 1.43 Å². The molecule has 0 aliphatic rings. The van der Waals surface area contributed by atoms with Gasteiger partial charge in [-0.15, -0.1) is 0 Å².